The van der Waals surface area contributed by atoms with E-state index in [9.17, 15) is 14.7 Å². The van der Waals surface area contributed by atoms with E-state index in [0.29, 0.717) is 59.2 Å². The van der Waals surface area contributed by atoms with E-state index in [1.54, 1.807) is 55.5 Å². The van der Waals surface area contributed by atoms with E-state index in [2.05, 4.69) is 10.2 Å². The molecule has 0 bridgehead atoms. The van der Waals surface area contributed by atoms with Gasteiger partial charge >= 0.3 is 6.09 Å². The molecule has 2 heterocycles. The Morgan fingerprint density at radius 1 is 0.974 bits per heavy atom. The Kier molecular flexibility index (Phi) is 8.50. The smallest absolute Gasteiger partial charge is 0.413 e. The zero-order valence-electron chi connectivity index (χ0n) is 22.2. The molecule has 0 saturated carbocycles. The van der Waals surface area contributed by atoms with Gasteiger partial charge in [-0.25, -0.2) is 4.79 Å². The molecule has 1 aliphatic rings. The molecule has 1 aliphatic heterocycles. The molecule has 11 nitrogen and oxygen atoms in total. The number of benzene rings is 2. The van der Waals surface area contributed by atoms with Gasteiger partial charge in [0.1, 0.15) is 23.0 Å². The van der Waals surface area contributed by atoms with Crippen LogP contribution >= 0.6 is 0 Å². The van der Waals surface area contributed by atoms with Crippen molar-refractivity contribution in [1.82, 2.24) is 15.1 Å². The zero-order chi connectivity index (χ0) is 27.9. The van der Waals surface area contributed by atoms with Gasteiger partial charge < -0.3 is 29.0 Å². The van der Waals surface area contributed by atoms with E-state index >= 15 is 0 Å². The summed E-state index contributed by atoms with van der Waals surface area (Å²) in [6.07, 6.45) is 2.55. The van der Waals surface area contributed by atoms with Crippen molar-refractivity contribution in [1.29, 1.82) is 0 Å². The maximum absolute atomic E-state index is 13.2. The lowest BCUT2D eigenvalue weighted by Crippen LogP contribution is -2.30. The number of hydrogen-bond acceptors (Lipinski definition) is 8. The van der Waals surface area contributed by atoms with Crippen LogP contribution in [0, 0.1) is 0 Å². The Labute approximate surface area is 226 Å². The van der Waals surface area contributed by atoms with Gasteiger partial charge in [-0.2, -0.15) is 5.10 Å². The maximum atomic E-state index is 13.2. The van der Waals surface area contributed by atoms with Crippen LogP contribution in [-0.4, -0.2) is 67.2 Å². The number of amides is 2. The molecule has 0 atom stereocenters. The summed E-state index contributed by atoms with van der Waals surface area (Å²) in [4.78, 5) is 28.1. The zero-order valence-corrected chi connectivity index (χ0v) is 22.2. The Morgan fingerprint density at radius 2 is 1.62 bits per heavy atom. The fourth-order valence-corrected chi connectivity index (χ4v) is 4.32. The van der Waals surface area contributed by atoms with E-state index in [1.165, 1.54) is 20.4 Å². The minimum absolute atomic E-state index is 0.0202. The van der Waals surface area contributed by atoms with Crippen LogP contribution in [0.25, 0.3) is 6.08 Å². The molecule has 4 rings (SSSR count). The second kappa shape index (κ2) is 12.2. The number of carbonyl (C=O) groups excluding carboxylic acids is 1. The van der Waals surface area contributed by atoms with Crippen LogP contribution < -0.4 is 23.8 Å². The number of likely N-dealkylation sites (tertiary alicyclic amines) is 1. The van der Waals surface area contributed by atoms with E-state index in [-0.39, 0.29) is 18.3 Å². The predicted octanol–water partition coefficient (Wildman–Crippen LogP) is 4.01. The first-order valence-corrected chi connectivity index (χ1v) is 12.1. The summed E-state index contributed by atoms with van der Waals surface area (Å²) in [5.74, 6) is 2.41. The summed E-state index contributed by atoms with van der Waals surface area (Å²) in [6.45, 7) is 0.914. The molecule has 3 aromatic rings. The van der Waals surface area contributed by atoms with E-state index in [0.717, 1.165) is 10.5 Å². The van der Waals surface area contributed by atoms with Crippen molar-refractivity contribution < 1.29 is 33.6 Å². The van der Waals surface area contributed by atoms with E-state index in [4.69, 9.17) is 18.9 Å². The number of rotatable bonds is 10. The number of aromatic nitrogens is 2. The molecule has 0 aliphatic carbocycles. The van der Waals surface area contributed by atoms with Crippen LogP contribution in [0.3, 0.4) is 0 Å². The first-order valence-electron chi connectivity index (χ1n) is 12.1. The number of carbonyl (C=O) groups is 2. The van der Waals surface area contributed by atoms with E-state index < -0.39 is 6.09 Å². The van der Waals surface area contributed by atoms with Crippen molar-refractivity contribution >= 4 is 23.9 Å². The van der Waals surface area contributed by atoms with E-state index in [1.807, 2.05) is 12.1 Å². The van der Waals surface area contributed by atoms with Crippen molar-refractivity contribution in [2.75, 3.05) is 39.9 Å². The van der Waals surface area contributed by atoms with Crippen LogP contribution in [0.4, 0.5) is 10.6 Å². The Hall–Kier alpha value is -4.80. The molecule has 39 heavy (non-hydrogen) atoms. The molecule has 204 valence electrons. The Balaban J connectivity index is 1.53. The third-order valence-corrected chi connectivity index (χ3v) is 6.40. The van der Waals surface area contributed by atoms with Crippen LogP contribution in [0.1, 0.15) is 23.1 Å². The SMILES string of the molecule is COc1ccc(CN2CC/C(=C\c3cnnc(N(Cc4ccc(OC)cc4OC)C(=O)O)c3)C2=O)c(OC)c1. The highest BCUT2D eigenvalue weighted by molar-refractivity contribution is 6.00. The molecule has 2 amide bonds. The third-order valence-electron chi connectivity index (χ3n) is 6.40. The number of methoxy groups -OCH3 is 4. The molecule has 0 radical (unpaired) electrons. The number of nitrogens with zero attached hydrogens (tertiary/aromatic N) is 4. The summed E-state index contributed by atoms with van der Waals surface area (Å²) >= 11 is 0. The fraction of sp³-hybridized carbons (Fsp3) is 0.286. The minimum Gasteiger partial charge on any atom is -0.497 e. The average Bonchev–Trinajstić information content (AvgIpc) is 3.29. The molecular weight excluding hydrogens is 504 g/mol. The van der Waals surface area contributed by atoms with Gasteiger partial charge in [0, 0.05) is 41.9 Å². The first kappa shape index (κ1) is 27.2. The third kappa shape index (κ3) is 6.20. The lowest BCUT2D eigenvalue weighted by Gasteiger charge is -2.20. The van der Waals surface area contributed by atoms with Gasteiger partial charge in [-0.15, -0.1) is 5.10 Å². The van der Waals surface area contributed by atoms with Crippen LogP contribution in [-0.2, 0) is 17.9 Å². The first-order chi connectivity index (χ1) is 18.9. The number of anilines is 1. The largest absolute Gasteiger partial charge is 0.497 e. The van der Waals surface area contributed by atoms with Crippen molar-refractivity contribution in [2.45, 2.75) is 19.5 Å². The number of carboxylic acid groups (broad SMARTS) is 1. The predicted molar refractivity (Wildman–Crippen MR) is 143 cm³/mol. The second-order valence-electron chi connectivity index (χ2n) is 8.72. The van der Waals surface area contributed by atoms with Gasteiger partial charge in [-0.1, -0.05) is 0 Å². The van der Waals surface area contributed by atoms with Gasteiger partial charge in [-0.05, 0) is 48.4 Å². The highest BCUT2D eigenvalue weighted by Crippen LogP contribution is 2.30. The molecule has 1 fully saturated rings. The quantitative estimate of drug-likeness (QED) is 0.384. The van der Waals surface area contributed by atoms with Crippen LogP contribution in [0.2, 0.25) is 0 Å². The normalized spacial score (nSPS) is 13.9. The van der Waals surface area contributed by atoms with Crippen LogP contribution in [0.5, 0.6) is 23.0 Å². The summed E-state index contributed by atoms with van der Waals surface area (Å²) in [5, 5.41) is 17.9. The standard InChI is InChI=1S/C28H30N4O7/c1-36-22-7-5-20(24(13-22)38-3)16-31-10-9-19(27(31)33)11-18-12-26(30-29-15-18)32(28(34)35)17-21-6-8-23(37-2)14-25(21)39-4/h5-8,11-15H,9-10,16-17H2,1-4H3,(H,34,35)/b19-11+. The number of hydrogen-bond donors (Lipinski definition) is 1. The molecule has 1 N–H and O–H groups in total. The lowest BCUT2D eigenvalue weighted by molar-refractivity contribution is -0.125. The average molecular weight is 535 g/mol. The fourth-order valence-electron chi connectivity index (χ4n) is 4.32. The highest BCUT2D eigenvalue weighted by atomic mass is 16.5. The lowest BCUT2D eigenvalue weighted by atomic mass is 10.1. The molecule has 2 aromatic carbocycles. The second-order valence-corrected chi connectivity index (χ2v) is 8.72. The van der Waals surface area contributed by atoms with Gasteiger partial charge in [0.25, 0.3) is 0 Å². The monoisotopic (exact) mass is 534 g/mol. The van der Waals surface area contributed by atoms with Crippen molar-refractivity contribution in [3.05, 3.63) is 70.9 Å². The van der Waals surface area contributed by atoms with Gasteiger partial charge in [-0.3, -0.25) is 9.69 Å². The molecule has 11 heteroatoms. The summed E-state index contributed by atoms with van der Waals surface area (Å²) in [6, 6.07) is 12.2. The number of ether oxygens (including phenoxy) is 4. The summed E-state index contributed by atoms with van der Waals surface area (Å²) in [5.41, 5.74) is 2.66. The molecular formula is C28H30N4O7. The molecule has 1 saturated heterocycles. The summed E-state index contributed by atoms with van der Waals surface area (Å²) < 4.78 is 21.3. The molecule has 0 spiro atoms. The Morgan fingerprint density at radius 3 is 2.23 bits per heavy atom. The maximum Gasteiger partial charge on any atom is 0.413 e. The minimum atomic E-state index is -1.21. The van der Waals surface area contributed by atoms with Crippen molar-refractivity contribution in [3.8, 4) is 23.0 Å². The molecule has 1 aromatic heterocycles. The van der Waals surface area contributed by atoms with Gasteiger partial charge in [0.2, 0.25) is 5.91 Å². The van der Waals surface area contributed by atoms with Crippen LogP contribution in [0.15, 0.2) is 54.2 Å². The van der Waals surface area contributed by atoms with Crippen molar-refractivity contribution in [2.24, 2.45) is 0 Å². The van der Waals surface area contributed by atoms with Gasteiger partial charge in [0.05, 0.1) is 41.2 Å². The highest BCUT2D eigenvalue weighted by Gasteiger charge is 2.27. The Bertz CT molecular complexity index is 1390. The molecule has 0 unspecified atom stereocenters. The topological polar surface area (TPSA) is 124 Å². The van der Waals surface area contributed by atoms with Crippen molar-refractivity contribution in [3.63, 3.8) is 0 Å². The summed E-state index contributed by atoms with van der Waals surface area (Å²) in [7, 11) is 6.20. The van der Waals surface area contributed by atoms with Gasteiger partial charge in [0.15, 0.2) is 5.82 Å².